The summed E-state index contributed by atoms with van der Waals surface area (Å²) >= 11 is 0. The molecule has 0 spiro atoms. The predicted molar refractivity (Wildman–Crippen MR) is 305 cm³/mol. The highest BCUT2D eigenvalue weighted by Gasteiger charge is 2.40. The van der Waals surface area contributed by atoms with Gasteiger partial charge in [0.15, 0.2) is 46.0 Å². The molecule has 0 N–H and O–H groups in total. The first-order chi connectivity index (χ1) is 38.3. The molecule has 0 amide bonds. The Balaban J connectivity index is 0.000000425. The van der Waals surface area contributed by atoms with Gasteiger partial charge in [-0.1, -0.05) is 66.1 Å². The lowest BCUT2D eigenvalue weighted by Crippen LogP contribution is -2.24. The number of carbonyl (C=O) groups is 4. The number of ether oxygens (including phenoxy) is 14. The molecule has 0 saturated carbocycles. The van der Waals surface area contributed by atoms with Crippen molar-refractivity contribution in [3.05, 3.63) is 109 Å². The first-order valence-corrected chi connectivity index (χ1v) is 26.7. The van der Waals surface area contributed by atoms with Gasteiger partial charge in [0.1, 0.15) is 0 Å². The summed E-state index contributed by atoms with van der Waals surface area (Å²) in [4.78, 5) is 48.6. The molecule has 0 bridgehead atoms. The maximum absolute atomic E-state index is 12.3. The van der Waals surface area contributed by atoms with Crippen molar-refractivity contribution in [2.45, 2.75) is 108 Å². The highest BCUT2D eigenvalue weighted by atomic mass is 16.6. The van der Waals surface area contributed by atoms with Crippen molar-refractivity contribution < 1.29 is 85.5 Å². The number of hydrogen-bond donors (Lipinski definition) is 0. The van der Waals surface area contributed by atoms with Gasteiger partial charge >= 0.3 is 23.9 Å². The molecule has 0 aliphatic heterocycles. The summed E-state index contributed by atoms with van der Waals surface area (Å²) < 4.78 is 82.3. The Morgan fingerprint density at radius 3 is 0.825 bits per heavy atom. The average Bonchev–Trinajstić information content (AvgIpc) is 3.55. The van der Waals surface area contributed by atoms with Crippen LogP contribution in [0.15, 0.2) is 87.0 Å². The second kappa shape index (κ2) is 32.0. The molecule has 436 valence electrons. The minimum atomic E-state index is -0.910. The van der Waals surface area contributed by atoms with Crippen LogP contribution in [0, 0.1) is 0 Å². The summed E-state index contributed by atoms with van der Waals surface area (Å²) in [5, 5.41) is 0. The van der Waals surface area contributed by atoms with E-state index in [0.29, 0.717) is 72.1 Å². The zero-order chi connectivity index (χ0) is 59.7. The van der Waals surface area contributed by atoms with Gasteiger partial charge in [0.25, 0.3) is 0 Å². The van der Waals surface area contributed by atoms with E-state index >= 15 is 0 Å². The average molecular weight is 1110 g/mol. The zero-order valence-corrected chi connectivity index (χ0v) is 49.0. The molecular weight excluding hydrogens is 1030 g/mol. The topological polar surface area (TPSA) is 197 Å². The van der Waals surface area contributed by atoms with Crippen LogP contribution in [0.4, 0.5) is 0 Å². The summed E-state index contributed by atoms with van der Waals surface area (Å²) in [6.07, 6.45) is 4.28. The van der Waals surface area contributed by atoms with E-state index in [0.717, 1.165) is 35.4 Å². The molecule has 18 nitrogen and oxygen atoms in total. The van der Waals surface area contributed by atoms with Crippen molar-refractivity contribution in [2.75, 3.05) is 66.1 Å². The Bertz CT molecular complexity index is 2620. The lowest BCUT2D eigenvalue weighted by molar-refractivity contribution is -0.130. The molecule has 0 unspecified atom stereocenters. The second-order valence-electron chi connectivity index (χ2n) is 17.4. The summed E-state index contributed by atoms with van der Waals surface area (Å²) in [5.41, 5.74) is 1.16. The van der Waals surface area contributed by atoms with Crippen LogP contribution in [-0.2, 0) is 30.0 Å². The van der Waals surface area contributed by atoms with Gasteiger partial charge in [-0.25, -0.2) is 19.2 Å². The first kappa shape index (κ1) is 66.0. The fraction of sp³-hybridized carbons (Fsp3) is 0.419. The highest BCUT2D eigenvalue weighted by Crippen LogP contribution is 2.57. The molecule has 0 aliphatic carbocycles. The molecule has 4 aromatic carbocycles. The SMILES string of the molecule is C=CC(=O)Oc1c(OCC)cc(C(C)(C)c2cc(OCC)c(OC(=O)C=C)c(OCC)c2OCC)c(OCC)c1OCC.C=CC(=O)Oc1ccc(C(C)(C)c2ccc(OC(=O)C=C)c(OCC)c2OCC)c(OCC)c1OCC. The van der Waals surface area contributed by atoms with Crippen molar-refractivity contribution in [3.63, 3.8) is 0 Å². The van der Waals surface area contributed by atoms with Crippen molar-refractivity contribution in [1.29, 1.82) is 0 Å². The van der Waals surface area contributed by atoms with Gasteiger partial charge in [0, 0.05) is 57.4 Å². The largest absolute Gasteiger partial charge is 0.490 e. The van der Waals surface area contributed by atoms with Crippen molar-refractivity contribution in [2.24, 2.45) is 0 Å². The van der Waals surface area contributed by atoms with E-state index in [1.807, 2.05) is 109 Å². The summed E-state index contributed by atoms with van der Waals surface area (Å²) in [5.74, 6) is 1.19. The van der Waals surface area contributed by atoms with Crippen LogP contribution in [0.3, 0.4) is 0 Å². The van der Waals surface area contributed by atoms with Gasteiger partial charge in [-0.2, -0.15) is 0 Å². The molecule has 18 heteroatoms. The predicted octanol–water partition coefficient (Wildman–Crippen LogP) is 12.4. The van der Waals surface area contributed by atoms with Gasteiger partial charge in [-0.15, -0.1) is 0 Å². The Morgan fingerprint density at radius 1 is 0.312 bits per heavy atom. The summed E-state index contributed by atoms with van der Waals surface area (Å²) in [6, 6.07) is 10.5. The molecule has 4 aromatic rings. The molecular formula is C62H80O18. The van der Waals surface area contributed by atoms with Crippen molar-refractivity contribution >= 4 is 23.9 Å². The van der Waals surface area contributed by atoms with Crippen LogP contribution in [0.1, 0.15) is 119 Å². The Hall–Kier alpha value is -8.28. The third-order valence-electron chi connectivity index (χ3n) is 11.6. The third-order valence-corrected chi connectivity index (χ3v) is 11.6. The van der Waals surface area contributed by atoms with Crippen LogP contribution in [0.5, 0.6) is 80.5 Å². The monoisotopic (exact) mass is 1110 g/mol. The quantitative estimate of drug-likeness (QED) is 0.0254. The van der Waals surface area contributed by atoms with E-state index in [-0.39, 0.29) is 85.6 Å². The van der Waals surface area contributed by atoms with E-state index in [1.165, 1.54) is 0 Å². The molecule has 0 atom stereocenters. The Labute approximate surface area is 471 Å². The molecule has 0 fully saturated rings. The van der Waals surface area contributed by atoms with Crippen LogP contribution >= 0.6 is 0 Å². The maximum Gasteiger partial charge on any atom is 0.335 e. The highest BCUT2D eigenvalue weighted by molar-refractivity contribution is 5.87. The Kier molecular flexibility index (Phi) is 26.4. The fourth-order valence-corrected chi connectivity index (χ4v) is 8.22. The Morgan fingerprint density at radius 2 is 0.550 bits per heavy atom. The van der Waals surface area contributed by atoms with E-state index < -0.39 is 34.7 Å². The molecule has 0 aromatic heterocycles. The standard InChI is InChI=1S/C33H44O10.C29H36O8/c1-11-25(34)42-29-23(36-13-3)19-21(27(38-15-5)31(29)40-17-7)33(9,10)22-20-24(37-14-4)30(43-26(35)12-2)32(41-18-8)28(22)39-16-6;1-9-23(30)36-21-17-15-19(25(32-11-3)27(21)34-13-5)29(7,8)20-16-18-22(37-24(31)10-2)28(35-14-6)26(20)33-12-4/h11-12,19-20H,1-2,13-18H2,3-10H3;9-10,15-18H,1-2,11-14H2,3-8H3. The van der Waals surface area contributed by atoms with E-state index in [4.69, 9.17) is 66.3 Å². The van der Waals surface area contributed by atoms with E-state index in [1.54, 1.807) is 24.3 Å². The van der Waals surface area contributed by atoms with Gasteiger partial charge in [0.2, 0.25) is 34.5 Å². The van der Waals surface area contributed by atoms with E-state index in [2.05, 4.69) is 26.3 Å². The van der Waals surface area contributed by atoms with Gasteiger partial charge in [0.05, 0.1) is 66.1 Å². The molecule has 0 heterocycles. The van der Waals surface area contributed by atoms with Crippen molar-refractivity contribution in [3.8, 4) is 80.5 Å². The lowest BCUT2D eigenvalue weighted by Gasteiger charge is -2.33. The molecule has 4 rings (SSSR count). The third kappa shape index (κ3) is 15.9. The number of rotatable bonds is 32. The molecule has 0 aliphatic rings. The molecule has 0 radical (unpaired) electrons. The van der Waals surface area contributed by atoms with Crippen LogP contribution in [-0.4, -0.2) is 89.9 Å². The van der Waals surface area contributed by atoms with Gasteiger partial charge < -0.3 is 66.3 Å². The van der Waals surface area contributed by atoms with Gasteiger partial charge in [-0.3, -0.25) is 0 Å². The fourth-order valence-electron chi connectivity index (χ4n) is 8.22. The van der Waals surface area contributed by atoms with E-state index in [9.17, 15) is 19.2 Å². The van der Waals surface area contributed by atoms with Crippen LogP contribution in [0.2, 0.25) is 0 Å². The second-order valence-corrected chi connectivity index (χ2v) is 17.4. The number of benzene rings is 4. The number of hydrogen-bond acceptors (Lipinski definition) is 18. The normalized spacial score (nSPS) is 10.8. The van der Waals surface area contributed by atoms with Crippen LogP contribution < -0.4 is 66.3 Å². The maximum atomic E-state index is 12.3. The van der Waals surface area contributed by atoms with Crippen molar-refractivity contribution in [1.82, 2.24) is 0 Å². The minimum absolute atomic E-state index is 0.0818. The first-order valence-electron chi connectivity index (χ1n) is 26.7. The lowest BCUT2D eigenvalue weighted by atomic mass is 9.76. The zero-order valence-electron chi connectivity index (χ0n) is 49.0. The number of carbonyl (C=O) groups excluding carboxylic acids is 4. The summed E-state index contributed by atoms with van der Waals surface area (Å²) in [6.45, 7) is 43.2. The molecule has 0 saturated heterocycles. The number of esters is 4. The summed E-state index contributed by atoms with van der Waals surface area (Å²) in [7, 11) is 0. The van der Waals surface area contributed by atoms with Crippen LogP contribution in [0.25, 0.3) is 0 Å². The van der Waals surface area contributed by atoms with Gasteiger partial charge in [-0.05, 0) is 93.5 Å². The smallest absolute Gasteiger partial charge is 0.335 e. The minimum Gasteiger partial charge on any atom is -0.490 e. The molecule has 80 heavy (non-hydrogen) atoms.